The predicted octanol–water partition coefficient (Wildman–Crippen LogP) is 1.50. The SMILES string of the molecule is CCNC(CCN1CCc2ccccc2C1)C(=O)O. The molecule has 104 valence electrons. The molecule has 0 spiro atoms. The Labute approximate surface area is 114 Å². The summed E-state index contributed by atoms with van der Waals surface area (Å²) in [6.07, 6.45) is 1.72. The predicted molar refractivity (Wildman–Crippen MR) is 75.1 cm³/mol. The van der Waals surface area contributed by atoms with Crippen molar-refractivity contribution in [1.29, 1.82) is 0 Å². The Morgan fingerprint density at radius 1 is 1.42 bits per heavy atom. The highest BCUT2D eigenvalue weighted by Gasteiger charge is 2.20. The zero-order chi connectivity index (χ0) is 13.7. The van der Waals surface area contributed by atoms with E-state index in [1.165, 1.54) is 11.1 Å². The third-order valence-corrected chi connectivity index (χ3v) is 3.69. The lowest BCUT2D eigenvalue weighted by Gasteiger charge is -2.29. The third kappa shape index (κ3) is 3.78. The summed E-state index contributed by atoms with van der Waals surface area (Å²) in [5, 5.41) is 12.1. The normalized spacial score (nSPS) is 16.9. The lowest BCUT2D eigenvalue weighted by atomic mass is 9.99. The first-order chi connectivity index (χ1) is 9.20. The molecule has 1 aromatic rings. The summed E-state index contributed by atoms with van der Waals surface area (Å²) in [6, 6.07) is 8.08. The average molecular weight is 262 g/mol. The molecule has 4 heteroatoms. The third-order valence-electron chi connectivity index (χ3n) is 3.69. The highest BCUT2D eigenvalue weighted by molar-refractivity contribution is 5.73. The molecule has 0 aliphatic carbocycles. The molecular formula is C15H22N2O2. The van der Waals surface area contributed by atoms with Gasteiger partial charge in [0.15, 0.2) is 0 Å². The molecule has 19 heavy (non-hydrogen) atoms. The Morgan fingerprint density at radius 3 is 2.84 bits per heavy atom. The van der Waals surface area contributed by atoms with E-state index in [-0.39, 0.29) is 0 Å². The van der Waals surface area contributed by atoms with Crippen LogP contribution in [0.1, 0.15) is 24.5 Å². The van der Waals surface area contributed by atoms with Gasteiger partial charge in [0.2, 0.25) is 0 Å². The number of nitrogens with one attached hydrogen (secondary N) is 1. The smallest absolute Gasteiger partial charge is 0.320 e. The second-order valence-corrected chi connectivity index (χ2v) is 5.03. The van der Waals surface area contributed by atoms with Gasteiger partial charge in [0.1, 0.15) is 6.04 Å². The van der Waals surface area contributed by atoms with Gasteiger partial charge in [0.05, 0.1) is 0 Å². The van der Waals surface area contributed by atoms with Crippen LogP contribution in [0.25, 0.3) is 0 Å². The number of hydrogen-bond acceptors (Lipinski definition) is 3. The van der Waals surface area contributed by atoms with Crippen LogP contribution in [0.3, 0.4) is 0 Å². The Morgan fingerprint density at radius 2 is 2.16 bits per heavy atom. The number of hydrogen-bond donors (Lipinski definition) is 2. The molecule has 1 aromatic carbocycles. The van der Waals surface area contributed by atoms with Gasteiger partial charge in [-0.15, -0.1) is 0 Å². The molecule has 0 fully saturated rings. The fourth-order valence-corrected chi connectivity index (χ4v) is 2.62. The minimum absolute atomic E-state index is 0.429. The van der Waals surface area contributed by atoms with Crippen LogP contribution in [0.2, 0.25) is 0 Å². The second kappa shape index (κ2) is 6.68. The first kappa shape index (κ1) is 14.0. The van der Waals surface area contributed by atoms with Gasteiger partial charge >= 0.3 is 5.97 Å². The minimum Gasteiger partial charge on any atom is -0.480 e. The maximum atomic E-state index is 11.1. The van der Waals surface area contributed by atoms with E-state index >= 15 is 0 Å². The van der Waals surface area contributed by atoms with Crippen LogP contribution in [0.5, 0.6) is 0 Å². The molecule has 1 aliphatic heterocycles. The molecule has 0 amide bonds. The van der Waals surface area contributed by atoms with Gasteiger partial charge in [0.25, 0.3) is 0 Å². The topological polar surface area (TPSA) is 52.6 Å². The first-order valence-corrected chi connectivity index (χ1v) is 6.96. The number of nitrogens with zero attached hydrogens (tertiary/aromatic N) is 1. The number of aliphatic carboxylic acids is 1. The molecule has 0 saturated carbocycles. The monoisotopic (exact) mass is 262 g/mol. The van der Waals surface area contributed by atoms with Crippen LogP contribution in [0, 0.1) is 0 Å². The van der Waals surface area contributed by atoms with Crippen LogP contribution in [0.4, 0.5) is 0 Å². The molecule has 0 bridgehead atoms. The van der Waals surface area contributed by atoms with Crippen molar-refractivity contribution in [1.82, 2.24) is 10.2 Å². The summed E-state index contributed by atoms with van der Waals surface area (Å²) in [6.45, 7) is 5.43. The van der Waals surface area contributed by atoms with Crippen LogP contribution >= 0.6 is 0 Å². The molecule has 0 aromatic heterocycles. The van der Waals surface area contributed by atoms with Gasteiger partial charge in [-0.2, -0.15) is 0 Å². The van der Waals surface area contributed by atoms with Crippen molar-refractivity contribution < 1.29 is 9.90 Å². The summed E-state index contributed by atoms with van der Waals surface area (Å²) in [7, 11) is 0. The molecule has 1 aliphatic rings. The van der Waals surface area contributed by atoms with Gasteiger partial charge < -0.3 is 10.4 Å². The van der Waals surface area contributed by atoms with Crippen LogP contribution in [-0.4, -0.2) is 41.7 Å². The van der Waals surface area contributed by atoms with E-state index in [2.05, 4.69) is 34.5 Å². The number of carboxylic acids is 1. The molecule has 4 nitrogen and oxygen atoms in total. The van der Waals surface area contributed by atoms with E-state index in [4.69, 9.17) is 5.11 Å². The zero-order valence-corrected chi connectivity index (χ0v) is 11.4. The minimum atomic E-state index is -0.751. The van der Waals surface area contributed by atoms with E-state index in [9.17, 15) is 4.79 Å². The van der Waals surface area contributed by atoms with Crippen molar-refractivity contribution in [3.8, 4) is 0 Å². The van der Waals surface area contributed by atoms with Crippen molar-refractivity contribution in [3.05, 3.63) is 35.4 Å². The van der Waals surface area contributed by atoms with E-state index < -0.39 is 12.0 Å². The highest BCUT2D eigenvalue weighted by atomic mass is 16.4. The lowest BCUT2D eigenvalue weighted by Crippen LogP contribution is -2.40. The summed E-state index contributed by atoms with van der Waals surface area (Å²) >= 11 is 0. The van der Waals surface area contributed by atoms with Crippen molar-refractivity contribution >= 4 is 5.97 Å². The number of benzene rings is 1. The second-order valence-electron chi connectivity index (χ2n) is 5.03. The fourth-order valence-electron chi connectivity index (χ4n) is 2.62. The Hall–Kier alpha value is -1.39. The zero-order valence-electron chi connectivity index (χ0n) is 11.4. The highest BCUT2D eigenvalue weighted by Crippen LogP contribution is 2.18. The summed E-state index contributed by atoms with van der Waals surface area (Å²) in [4.78, 5) is 13.4. The van der Waals surface area contributed by atoms with Crippen LogP contribution < -0.4 is 5.32 Å². The molecule has 1 atom stereocenters. The summed E-state index contributed by atoms with van der Waals surface area (Å²) < 4.78 is 0. The van der Waals surface area contributed by atoms with Gasteiger partial charge in [-0.05, 0) is 30.5 Å². The number of rotatable bonds is 6. The summed E-state index contributed by atoms with van der Waals surface area (Å²) in [5.74, 6) is -0.751. The number of fused-ring (bicyclic) bond motifs is 1. The number of likely N-dealkylation sites (N-methyl/N-ethyl adjacent to an activating group) is 1. The maximum absolute atomic E-state index is 11.1. The first-order valence-electron chi connectivity index (χ1n) is 6.96. The van der Waals surface area contributed by atoms with Crippen molar-refractivity contribution in [3.63, 3.8) is 0 Å². The lowest BCUT2D eigenvalue weighted by molar-refractivity contribution is -0.139. The standard InChI is InChI=1S/C15H22N2O2/c1-2-16-14(15(18)19)8-10-17-9-7-12-5-3-4-6-13(12)11-17/h3-6,14,16H,2,7-11H2,1H3,(H,18,19). The number of carboxylic acid groups (broad SMARTS) is 1. The van der Waals surface area contributed by atoms with Crippen LogP contribution in [0.15, 0.2) is 24.3 Å². The molecule has 1 unspecified atom stereocenters. The van der Waals surface area contributed by atoms with Crippen molar-refractivity contribution in [2.45, 2.75) is 32.4 Å². The van der Waals surface area contributed by atoms with Crippen LogP contribution in [-0.2, 0) is 17.8 Å². The van der Waals surface area contributed by atoms with Gasteiger partial charge in [-0.1, -0.05) is 31.2 Å². The molecule has 0 saturated heterocycles. The van der Waals surface area contributed by atoms with Crippen molar-refractivity contribution in [2.24, 2.45) is 0 Å². The van der Waals surface area contributed by atoms with Gasteiger partial charge in [-0.25, -0.2) is 0 Å². The van der Waals surface area contributed by atoms with E-state index in [1.54, 1.807) is 0 Å². The van der Waals surface area contributed by atoms with E-state index in [1.807, 2.05) is 6.92 Å². The van der Waals surface area contributed by atoms with E-state index in [0.29, 0.717) is 13.0 Å². The molecule has 1 heterocycles. The maximum Gasteiger partial charge on any atom is 0.320 e. The molecule has 2 N–H and O–H groups in total. The molecule has 2 rings (SSSR count). The van der Waals surface area contributed by atoms with Crippen molar-refractivity contribution in [2.75, 3.05) is 19.6 Å². The quantitative estimate of drug-likeness (QED) is 0.815. The Bertz CT molecular complexity index is 434. The largest absolute Gasteiger partial charge is 0.480 e. The molecule has 0 radical (unpaired) electrons. The van der Waals surface area contributed by atoms with E-state index in [0.717, 1.165) is 26.1 Å². The average Bonchev–Trinajstić information content (AvgIpc) is 2.43. The Kier molecular flexibility index (Phi) is 4.93. The van der Waals surface area contributed by atoms with Gasteiger partial charge in [-0.3, -0.25) is 9.69 Å². The Balaban J connectivity index is 1.86. The summed E-state index contributed by atoms with van der Waals surface area (Å²) in [5.41, 5.74) is 2.81. The molecular weight excluding hydrogens is 240 g/mol. The van der Waals surface area contributed by atoms with Gasteiger partial charge in [0, 0.05) is 19.6 Å². The number of carbonyl (C=O) groups is 1. The fraction of sp³-hybridized carbons (Fsp3) is 0.533.